The molecule has 0 aromatic heterocycles. The van der Waals surface area contributed by atoms with Gasteiger partial charge in [0.05, 0.1) is 0 Å². The van der Waals surface area contributed by atoms with E-state index in [4.69, 9.17) is 9.22 Å². The molecule has 1 unspecified atom stereocenters. The fraction of sp³-hybridized carbons (Fsp3) is 0.400. The summed E-state index contributed by atoms with van der Waals surface area (Å²) in [6, 6.07) is 4.21. The fourth-order valence-electron chi connectivity index (χ4n) is 1.10. The summed E-state index contributed by atoms with van der Waals surface area (Å²) in [6.45, 7) is -0.422. The molecule has 1 atom stereocenters. The number of phenolic OH excluding ortho intramolecular Hbond substituents is 2. The van der Waals surface area contributed by atoms with Gasteiger partial charge in [-0.2, -0.15) is 0 Å². The quantitative estimate of drug-likeness (QED) is 0.680. The van der Waals surface area contributed by atoms with Crippen LogP contribution in [0.3, 0.4) is 0 Å². The first-order chi connectivity index (χ1) is 7.28. The van der Waals surface area contributed by atoms with Crippen LogP contribution < -0.4 is 5.32 Å². The van der Waals surface area contributed by atoms with Crippen LogP contribution in [0.25, 0.3) is 0 Å². The standard InChI is InChI=1S/C10H15NO2.ClH/c1-7(11-2)5-8-3-4-9(12)10(13)6-8;/h3-4,6-7,11-13H,5H2,1-2H3;1H/i2D3;. The maximum absolute atomic E-state index is 9.26. The van der Waals surface area contributed by atoms with Crippen LogP contribution >= 0.6 is 12.4 Å². The first-order valence-electron chi connectivity index (χ1n) is 5.56. The zero-order valence-electron chi connectivity index (χ0n) is 10.8. The zero-order chi connectivity index (χ0) is 12.3. The Kier molecular flexibility index (Phi) is 3.43. The van der Waals surface area contributed by atoms with E-state index >= 15 is 0 Å². The molecule has 1 aromatic carbocycles. The number of phenols is 2. The highest BCUT2D eigenvalue weighted by molar-refractivity contribution is 5.85. The molecule has 0 saturated carbocycles. The molecule has 0 aliphatic heterocycles. The van der Waals surface area contributed by atoms with Crippen LogP contribution in [0.4, 0.5) is 0 Å². The van der Waals surface area contributed by atoms with E-state index in [9.17, 15) is 5.11 Å². The molecule has 0 radical (unpaired) electrons. The summed E-state index contributed by atoms with van der Waals surface area (Å²) in [5.41, 5.74) is 0.763. The molecule has 0 saturated heterocycles. The molecule has 0 bridgehead atoms. The highest BCUT2D eigenvalue weighted by Crippen LogP contribution is 2.25. The first kappa shape index (κ1) is 8.38. The van der Waals surface area contributed by atoms with Gasteiger partial charge in [-0.1, -0.05) is 6.07 Å². The number of nitrogens with one attached hydrogen (secondary N) is 1. The molecule has 0 spiro atoms. The summed E-state index contributed by atoms with van der Waals surface area (Å²) in [4.78, 5) is 0. The topological polar surface area (TPSA) is 52.5 Å². The van der Waals surface area contributed by atoms with Crippen molar-refractivity contribution in [3.63, 3.8) is 0 Å². The van der Waals surface area contributed by atoms with Crippen LogP contribution in [0, 0.1) is 0 Å². The van der Waals surface area contributed by atoms with E-state index in [2.05, 4.69) is 5.32 Å². The Morgan fingerprint density at radius 3 is 2.71 bits per heavy atom. The molecule has 80 valence electrons. The Balaban J connectivity index is 0.00000256. The summed E-state index contributed by atoms with van der Waals surface area (Å²) in [7, 11) is 0. The molecule has 0 aliphatic carbocycles. The van der Waals surface area contributed by atoms with Gasteiger partial charge in [-0.05, 0) is 38.0 Å². The molecule has 1 rings (SSSR count). The first-order valence-corrected chi connectivity index (χ1v) is 4.06. The Hall–Kier alpha value is -0.930. The number of likely N-dealkylation sites (N-methyl/N-ethyl adjacent to an activating group) is 1. The Bertz CT molecular complexity index is 371. The molecule has 14 heavy (non-hydrogen) atoms. The van der Waals surface area contributed by atoms with Gasteiger partial charge in [-0.3, -0.25) is 0 Å². The third-order valence-electron chi connectivity index (χ3n) is 1.83. The molecular formula is C10H16ClNO2. The minimum atomic E-state index is -2.17. The molecule has 0 amide bonds. The average Bonchev–Trinajstić information content (AvgIpc) is 2.08. The van der Waals surface area contributed by atoms with Gasteiger partial charge < -0.3 is 15.5 Å². The third kappa shape index (κ3) is 3.44. The zero-order valence-corrected chi connectivity index (χ0v) is 8.64. The van der Waals surface area contributed by atoms with Gasteiger partial charge in [0.1, 0.15) is 0 Å². The fourth-order valence-corrected chi connectivity index (χ4v) is 1.10. The molecule has 3 N–H and O–H groups in total. The third-order valence-corrected chi connectivity index (χ3v) is 1.83. The smallest absolute Gasteiger partial charge is 0.157 e. The van der Waals surface area contributed by atoms with Crippen molar-refractivity contribution in [2.24, 2.45) is 0 Å². The second-order valence-corrected chi connectivity index (χ2v) is 3.07. The van der Waals surface area contributed by atoms with Crippen LogP contribution in [-0.4, -0.2) is 23.2 Å². The summed E-state index contributed by atoms with van der Waals surface area (Å²) in [5, 5.41) is 20.8. The highest BCUT2D eigenvalue weighted by Gasteiger charge is 2.03. The summed E-state index contributed by atoms with van der Waals surface area (Å²) in [6.07, 6.45) is 0.465. The van der Waals surface area contributed by atoms with Gasteiger partial charge in [0.25, 0.3) is 0 Å². The van der Waals surface area contributed by atoms with E-state index in [1.54, 1.807) is 13.0 Å². The largest absolute Gasteiger partial charge is 0.504 e. The lowest BCUT2D eigenvalue weighted by molar-refractivity contribution is 0.403. The van der Waals surface area contributed by atoms with E-state index in [0.717, 1.165) is 5.56 Å². The van der Waals surface area contributed by atoms with Crippen molar-refractivity contribution in [2.45, 2.75) is 19.4 Å². The average molecular weight is 221 g/mol. The summed E-state index contributed by atoms with van der Waals surface area (Å²) < 4.78 is 21.1. The van der Waals surface area contributed by atoms with E-state index < -0.39 is 6.98 Å². The minimum absolute atomic E-state index is 0. The normalized spacial score (nSPS) is 15.9. The van der Waals surface area contributed by atoms with Gasteiger partial charge in [0.2, 0.25) is 0 Å². The lowest BCUT2D eigenvalue weighted by Crippen LogP contribution is -2.23. The van der Waals surface area contributed by atoms with Crippen molar-refractivity contribution >= 4 is 12.4 Å². The van der Waals surface area contributed by atoms with Crippen LogP contribution in [0.5, 0.6) is 11.5 Å². The van der Waals surface area contributed by atoms with Crippen LogP contribution in [0.15, 0.2) is 18.2 Å². The maximum Gasteiger partial charge on any atom is 0.157 e. The highest BCUT2D eigenvalue weighted by atomic mass is 35.5. The number of aromatic hydroxyl groups is 2. The number of halogens is 1. The Morgan fingerprint density at radius 2 is 2.14 bits per heavy atom. The number of benzene rings is 1. The van der Waals surface area contributed by atoms with E-state index in [1.165, 1.54) is 12.1 Å². The number of hydrogen-bond acceptors (Lipinski definition) is 3. The number of hydrogen-bond donors (Lipinski definition) is 3. The van der Waals surface area contributed by atoms with Gasteiger partial charge in [-0.15, -0.1) is 12.4 Å². The van der Waals surface area contributed by atoms with E-state index in [1.807, 2.05) is 0 Å². The van der Waals surface area contributed by atoms with Crippen molar-refractivity contribution < 1.29 is 14.3 Å². The van der Waals surface area contributed by atoms with Gasteiger partial charge in [0.15, 0.2) is 11.5 Å². The van der Waals surface area contributed by atoms with Gasteiger partial charge in [-0.25, -0.2) is 0 Å². The monoisotopic (exact) mass is 220 g/mol. The molecule has 0 fully saturated rings. The summed E-state index contributed by atoms with van der Waals surface area (Å²) in [5.74, 6) is -0.376. The molecule has 0 heterocycles. The molecule has 3 nitrogen and oxygen atoms in total. The Labute approximate surface area is 94.4 Å². The molecular weight excluding hydrogens is 202 g/mol. The maximum atomic E-state index is 9.26. The second-order valence-electron chi connectivity index (χ2n) is 3.07. The van der Waals surface area contributed by atoms with Crippen LogP contribution in [0.2, 0.25) is 0 Å². The molecule has 4 heteroatoms. The lowest BCUT2D eigenvalue weighted by Gasteiger charge is -2.10. The van der Waals surface area contributed by atoms with Crippen molar-refractivity contribution in [1.82, 2.24) is 5.32 Å². The summed E-state index contributed by atoms with van der Waals surface area (Å²) >= 11 is 0. The Morgan fingerprint density at radius 1 is 1.43 bits per heavy atom. The van der Waals surface area contributed by atoms with E-state index in [-0.39, 0.29) is 29.9 Å². The van der Waals surface area contributed by atoms with Gasteiger partial charge in [0, 0.05) is 10.2 Å². The predicted molar refractivity (Wildman–Crippen MR) is 59.2 cm³/mol. The van der Waals surface area contributed by atoms with Crippen molar-refractivity contribution in [3.8, 4) is 11.5 Å². The second kappa shape index (κ2) is 5.73. The predicted octanol–water partition coefficient (Wildman–Crippen LogP) is 1.67. The number of rotatable bonds is 3. The molecule has 0 aliphatic rings. The van der Waals surface area contributed by atoms with Gasteiger partial charge >= 0.3 is 0 Å². The SMILES string of the molecule is Cl.[2H]C([2H])([2H])NC(C)Cc1ccc(O)c(O)c1. The van der Waals surface area contributed by atoms with Crippen molar-refractivity contribution in [2.75, 3.05) is 6.98 Å². The van der Waals surface area contributed by atoms with Crippen LogP contribution in [-0.2, 0) is 6.42 Å². The van der Waals surface area contributed by atoms with Crippen LogP contribution in [0.1, 0.15) is 16.6 Å². The lowest BCUT2D eigenvalue weighted by atomic mass is 10.1. The minimum Gasteiger partial charge on any atom is -0.504 e. The van der Waals surface area contributed by atoms with Crippen molar-refractivity contribution in [1.29, 1.82) is 0 Å². The molecule has 1 aromatic rings. The van der Waals surface area contributed by atoms with Crippen molar-refractivity contribution in [3.05, 3.63) is 23.8 Å². The van der Waals surface area contributed by atoms with E-state index in [0.29, 0.717) is 6.42 Å².